The second kappa shape index (κ2) is 4.68. The highest BCUT2D eigenvalue weighted by atomic mass is 19.3. The molecule has 1 aromatic heterocycles. The molecular weight excluding hydrogens is 308 g/mol. The summed E-state index contributed by atoms with van der Waals surface area (Å²) in [6.07, 6.45) is 0.730. The zero-order chi connectivity index (χ0) is 16.2. The zero-order valence-corrected chi connectivity index (χ0v) is 12.1. The summed E-state index contributed by atoms with van der Waals surface area (Å²) < 4.78 is 36.3. The number of fused-ring (bicyclic) bond motifs is 1. The average Bonchev–Trinajstić information content (AvgIpc) is 3.06. The Morgan fingerprint density at radius 1 is 1.39 bits per heavy atom. The highest BCUT2D eigenvalue weighted by molar-refractivity contribution is 5.95. The van der Waals surface area contributed by atoms with Crippen LogP contribution in [0.15, 0.2) is 30.6 Å². The van der Waals surface area contributed by atoms with Gasteiger partial charge in [-0.25, -0.2) is 0 Å². The molecule has 1 saturated carbocycles. The van der Waals surface area contributed by atoms with Crippen molar-refractivity contribution in [2.24, 2.45) is 13.0 Å². The Balaban J connectivity index is 1.43. The number of anilines is 1. The smallest absolute Gasteiger partial charge is 0.395 e. The number of halogens is 2. The van der Waals surface area contributed by atoms with Gasteiger partial charge in [0.05, 0.1) is 6.20 Å². The molecule has 8 heteroatoms. The summed E-state index contributed by atoms with van der Waals surface area (Å²) in [5, 5.41) is 6.81. The van der Waals surface area contributed by atoms with Crippen LogP contribution in [0.5, 0.6) is 11.5 Å². The highest BCUT2D eigenvalue weighted by Gasteiger charge is 2.45. The number of nitrogens with zero attached hydrogens (tertiary/aromatic N) is 2. The van der Waals surface area contributed by atoms with Gasteiger partial charge in [-0.2, -0.15) is 5.10 Å². The number of rotatable bonds is 3. The van der Waals surface area contributed by atoms with Crippen LogP contribution in [0.1, 0.15) is 17.9 Å². The van der Waals surface area contributed by atoms with Gasteiger partial charge in [0.25, 0.3) is 0 Å². The lowest BCUT2D eigenvalue weighted by Gasteiger charge is -2.05. The number of hydrogen-bond acceptors (Lipinski definition) is 4. The Labute approximate surface area is 130 Å². The quantitative estimate of drug-likeness (QED) is 0.943. The molecule has 2 aliphatic rings. The lowest BCUT2D eigenvalue weighted by Crippen LogP contribution is -2.25. The summed E-state index contributed by atoms with van der Waals surface area (Å²) in [5.74, 6) is -0.266. The van der Waals surface area contributed by atoms with Gasteiger partial charge in [-0.1, -0.05) is 0 Å². The second-order valence-electron chi connectivity index (χ2n) is 5.71. The van der Waals surface area contributed by atoms with E-state index in [2.05, 4.69) is 19.9 Å². The summed E-state index contributed by atoms with van der Waals surface area (Å²) in [5.41, 5.74) is 1.42. The van der Waals surface area contributed by atoms with Crippen LogP contribution in [0.2, 0.25) is 0 Å². The van der Waals surface area contributed by atoms with Crippen LogP contribution >= 0.6 is 0 Å². The van der Waals surface area contributed by atoms with Gasteiger partial charge in [0.1, 0.15) is 0 Å². The van der Waals surface area contributed by atoms with Crippen LogP contribution in [0.25, 0.3) is 0 Å². The molecule has 0 spiro atoms. The van der Waals surface area contributed by atoms with E-state index >= 15 is 0 Å². The van der Waals surface area contributed by atoms with Crippen molar-refractivity contribution in [2.75, 3.05) is 5.32 Å². The third kappa shape index (κ3) is 2.60. The van der Waals surface area contributed by atoms with E-state index in [-0.39, 0.29) is 29.2 Å². The molecule has 1 amide bonds. The fourth-order valence-electron chi connectivity index (χ4n) is 2.75. The Morgan fingerprint density at radius 3 is 2.91 bits per heavy atom. The van der Waals surface area contributed by atoms with E-state index in [1.165, 1.54) is 18.2 Å². The van der Waals surface area contributed by atoms with Crippen molar-refractivity contribution >= 4 is 11.6 Å². The van der Waals surface area contributed by atoms with Crippen LogP contribution in [-0.4, -0.2) is 22.0 Å². The molecule has 1 aromatic carbocycles. The minimum absolute atomic E-state index is 0.0485. The number of hydrogen-bond donors (Lipinski definition) is 1. The number of nitrogens with one attached hydrogen (secondary N) is 1. The van der Waals surface area contributed by atoms with Gasteiger partial charge < -0.3 is 14.8 Å². The molecule has 1 aliphatic heterocycles. The number of carbonyl (C=O) groups excluding carboxylic acids is 1. The largest absolute Gasteiger partial charge is 0.586 e. The molecule has 2 aromatic rings. The van der Waals surface area contributed by atoms with Gasteiger partial charge in [0.2, 0.25) is 5.91 Å². The average molecular weight is 321 g/mol. The first-order chi connectivity index (χ1) is 10.9. The maximum Gasteiger partial charge on any atom is 0.586 e. The maximum atomic E-state index is 13.0. The summed E-state index contributed by atoms with van der Waals surface area (Å²) in [7, 11) is 1.82. The molecule has 1 fully saturated rings. The lowest BCUT2D eigenvalue weighted by molar-refractivity contribution is -0.286. The van der Waals surface area contributed by atoms with Crippen LogP contribution in [0.3, 0.4) is 0 Å². The van der Waals surface area contributed by atoms with E-state index in [4.69, 9.17) is 0 Å². The molecule has 6 nitrogen and oxygen atoms in total. The molecule has 1 N–H and O–H groups in total. The van der Waals surface area contributed by atoms with E-state index in [0.717, 1.165) is 12.0 Å². The van der Waals surface area contributed by atoms with Gasteiger partial charge in [0, 0.05) is 30.9 Å². The van der Waals surface area contributed by atoms with Crippen LogP contribution in [-0.2, 0) is 11.8 Å². The molecule has 0 radical (unpaired) electrons. The van der Waals surface area contributed by atoms with E-state index in [1.807, 2.05) is 13.2 Å². The first-order valence-electron chi connectivity index (χ1n) is 7.10. The van der Waals surface area contributed by atoms with Crippen LogP contribution in [0.4, 0.5) is 14.5 Å². The molecule has 0 bridgehead atoms. The Hall–Kier alpha value is -2.64. The molecule has 0 saturated heterocycles. The predicted octanol–water partition coefficient (Wildman–Crippen LogP) is 2.48. The third-order valence-electron chi connectivity index (χ3n) is 3.95. The number of alkyl halides is 2. The van der Waals surface area contributed by atoms with Gasteiger partial charge in [-0.3, -0.25) is 9.48 Å². The molecule has 120 valence electrons. The molecule has 0 unspecified atom stereocenters. The molecular formula is C15H13F2N3O3. The highest BCUT2D eigenvalue weighted by Crippen LogP contribution is 2.48. The Morgan fingerprint density at radius 2 is 2.17 bits per heavy atom. The van der Waals surface area contributed by atoms with Crippen molar-refractivity contribution in [3.63, 3.8) is 0 Å². The van der Waals surface area contributed by atoms with Crippen molar-refractivity contribution in [3.8, 4) is 11.5 Å². The normalized spacial score (nSPS) is 23.6. The summed E-state index contributed by atoms with van der Waals surface area (Å²) in [4.78, 5) is 12.2. The number of aryl methyl sites for hydroxylation is 1. The summed E-state index contributed by atoms with van der Waals surface area (Å²) >= 11 is 0. The number of amides is 1. The lowest BCUT2D eigenvalue weighted by atomic mass is 10.2. The first kappa shape index (κ1) is 14.0. The number of carbonyl (C=O) groups is 1. The van der Waals surface area contributed by atoms with Gasteiger partial charge in [0.15, 0.2) is 11.5 Å². The van der Waals surface area contributed by atoms with E-state index in [0.29, 0.717) is 5.69 Å². The standard InChI is InChI=1S/C15H13F2N3O3/c1-20-7-8(6-18-20)10-5-11(10)14(21)19-9-2-3-12-13(4-9)23-15(16,17)22-12/h2-4,6-7,10-11H,5H2,1H3,(H,19,21)/t10-,11+/m0/s1. The Bertz CT molecular complexity index is 790. The van der Waals surface area contributed by atoms with Gasteiger partial charge in [-0.15, -0.1) is 8.78 Å². The van der Waals surface area contributed by atoms with E-state index in [1.54, 1.807) is 10.9 Å². The van der Waals surface area contributed by atoms with E-state index < -0.39 is 6.29 Å². The first-order valence-corrected chi connectivity index (χ1v) is 7.10. The molecule has 2 atom stereocenters. The fourth-order valence-corrected chi connectivity index (χ4v) is 2.75. The Kier molecular flexibility index (Phi) is 2.84. The number of benzene rings is 1. The predicted molar refractivity (Wildman–Crippen MR) is 75.3 cm³/mol. The molecule has 1 aliphatic carbocycles. The number of aromatic nitrogens is 2. The minimum Gasteiger partial charge on any atom is -0.395 e. The maximum absolute atomic E-state index is 13.0. The molecule has 4 rings (SSSR count). The third-order valence-corrected chi connectivity index (χ3v) is 3.95. The monoisotopic (exact) mass is 321 g/mol. The second-order valence-corrected chi connectivity index (χ2v) is 5.71. The van der Waals surface area contributed by atoms with Crippen molar-refractivity contribution in [1.82, 2.24) is 9.78 Å². The zero-order valence-electron chi connectivity index (χ0n) is 12.1. The van der Waals surface area contributed by atoms with Crippen molar-refractivity contribution in [2.45, 2.75) is 18.6 Å². The van der Waals surface area contributed by atoms with Crippen molar-refractivity contribution in [1.29, 1.82) is 0 Å². The minimum atomic E-state index is -3.66. The van der Waals surface area contributed by atoms with Gasteiger partial charge >= 0.3 is 6.29 Å². The SMILES string of the molecule is Cn1cc([C@@H]2C[C@H]2C(=O)Nc2ccc3c(c2)OC(F)(F)O3)cn1. The molecule has 2 heterocycles. The van der Waals surface area contributed by atoms with Crippen molar-refractivity contribution < 1.29 is 23.0 Å². The number of ether oxygens (including phenoxy) is 2. The van der Waals surface area contributed by atoms with Gasteiger partial charge in [-0.05, 0) is 30.0 Å². The fraction of sp³-hybridized carbons (Fsp3) is 0.333. The van der Waals surface area contributed by atoms with Crippen LogP contribution in [0, 0.1) is 5.92 Å². The molecule has 23 heavy (non-hydrogen) atoms. The van der Waals surface area contributed by atoms with Crippen molar-refractivity contribution in [3.05, 3.63) is 36.2 Å². The van der Waals surface area contributed by atoms with E-state index in [9.17, 15) is 13.6 Å². The summed E-state index contributed by atoms with van der Waals surface area (Å²) in [6, 6.07) is 4.18. The topological polar surface area (TPSA) is 65.4 Å². The van der Waals surface area contributed by atoms with Crippen LogP contribution < -0.4 is 14.8 Å². The summed E-state index contributed by atoms with van der Waals surface area (Å²) in [6.45, 7) is 0.